The third-order valence-corrected chi connectivity index (χ3v) is 3.46. The summed E-state index contributed by atoms with van der Waals surface area (Å²) < 4.78 is 13.5. The topological polar surface area (TPSA) is 101 Å². The predicted octanol–water partition coefficient (Wildman–Crippen LogP) is 2.30. The van der Waals surface area contributed by atoms with E-state index in [0.717, 1.165) is 6.07 Å². The van der Waals surface area contributed by atoms with Gasteiger partial charge in [-0.15, -0.1) is 0 Å². The number of allylic oxidation sites excluding steroid dienone is 2. The smallest absolute Gasteiger partial charge is 0.331 e. The van der Waals surface area contributed by atoms with Crippen molar-refractivity contribution in [3.05, 3.63) is 47.3 Å². The number of nitrogen functional groups attached to an aromatic ring is 1. The minimum atomic E-state index is -1.35. The van der Waals surface area contributed by atoms with Crippen molar-refractivity contribution in [3.63, 3.8) is 0 Å². The summed E-state index contributed by atoms with van der Waals surface area (Å²) in [6, 6.07) is 4.03. The first kappa shape index (κ1) is 14.8. The first-order chi connectivity index (χ1) is 9.73. The lowest BCUT2D eigenvalue weighted by Gasteiger charge is -2.26. The van der Waals surface area contributed by atoms with Gasteiger partial charge in [-0.05, 0) is 42.7 Å². The molecule has 5 nitrogen and oxygen atoms in total. The Balaban J connectivity index is 2.57. The highest BCUT2D eigenvalue weighted by Crippen LogP contribution is 2.38. The van der Waals surface area contributed by atoms with Crippen molar-refractivity contribution in [2.45, 2.75) is 13.3 Å². The number of hydrogen-bond acceptors (Lipinski definition) is 3. The standard InChI is InChI=1S/C15H14FNO4/c1-15(14(20)21)6-9(4-10(7-15)13(18)19)8-2-3-12(17)11(16)5-8/h2-6H,7,17H2,1H3,(H,18,19)(H,20,21). The van der Waals surface area contributed by atoms with Crippen molar-refractivity contribution >= 4 is 23.2 Å². The first-order valence-electron chi connectivity index (χ1n) is 6.18. The summed E-state index contributed by atoms with van der Waals surface area (Å²) in [4.78, 5) is 22.6. The number of carbonyl (C=O) groups is 2. The predicted molar refractivity (Wildman–Crippen MR) is 74.9 cm³/mol. The Bertz CT molecular complexity index is 693. The van der Waals surface area contributed by atoms with Crippen LogP contribution in [0.4, 0.5) is 10.1 Å². The molecule has 0 saturated heterocycles. The van der Waals surface area contributed by atoms with Gasteiger partial charge in [0.05, 0.1) is 11.1 Å². The van der Waals surface area contributed by atoms with Gasteiger partial charge in [0.2, 0.25) is 0 Å². The number of benzene rings is 1. The molecule has 4 N–H and O–H groups in total. The number of carboxylic acids is 2. The van der Waals surface area contributed by atoms with Crippen LogP contribution in [0.2, 0.25) is 0 Å². The van der Waals surface area contributed by atoms with Gasteiger partial charge in [-0.2, -0.15) is 0 Å². The molecule has 0 aliphatic heterocycles. The van der Waals surface area contributed by atoms with Crippen molar-refractivity contribution in [3.8, 4) is 0 Å². The summed E-state index contributed by atoms with van der Waals surface area (Å²) in [7, 11) is 0. The van der Waals surface area contributed by atoms with Crippen LogP contribution in [0.25, 0.3) is 5.57 Å². The molecule has 21 heavy (non-hydrogen) atoms. The molecule has 0 saturated carbocycles. The minimum absolute atomic E-state index is 0.0291. The summed E-state index contributed by atoms with van der Waals surface area (Å²) in [6.45, 7) is 1.43. The third-order valence-electron chi connectivity index (χ3n) is 3.46. The molecule has 1 aliphatic rings. The molecule has 0 fully saturated rings. The van der Waals surface area contributed by atoms with Gasteiger partial charge >= 0.3 is 11.9 Å². The summed E-state index contributed by atoms with van der Waals surface area (Å²) in [5, 5.41) is 18.4. The Kier molecular flexibility index (Phi) is 3.55. The second kappa shape index (κ2) is 5.05. The molecule has 6 heteroatoms. The highest BCUT2D eigenvalue weighted by Gasteiger charge is 2.36. The lowest BCUT2D eigenvalue weighted by molar-refractivity contribution is -0.145. The molecular formula is C15H14FNO4. The van der Waals surface area contributed by atoms with E-state index in [4.69, 9.17) is 10.8 Å². The van der Waals surface area contributed by atoms with Crippen LogP contribution >= 0.6 is 0 Å². The maximum absolute atomic E-state index is 13.5. The lowest BCUT2D eigenvalue weighted by Crippen LogP contribution is -2.29. The molecule has 0 amide bonds. The number of hydrogen-bond donors (Lipinski definition) is 3. The van der Waals surface area contributed by atoms with Crippen LogP contribution in [-0.2, 0) is 9.59 Å². The fourth-order valence-corrected chi connectivity index (χ4v) is 2.22. The van der Waals surface area contributed by atoms with Gasteiger partial charge < -0.3 is 15.9 Å². The fourth-order valence-electron chi connectivity index (χ4n) is 2.22. The maximum atomic E-state index is 13.5. The number of carboxylic acid groups (broad SMARTS) is 2. The Morgan fingerprint density at radius 1 is 1.33 bits per heavy atom. The molecule has 0 radical (unpaired) electrons. The first-order valence-corrected chi connectivity index (χ1v) is 6.18. The Morgan fingerprint density at radius 3 is 2.52 bits per heavy atom. The lowest BCUT2D eigenvalue weighted by atomic mass is 9.76. The monoisotopic (exact) mass is 291 g/mol. The highest BCUT2D eigenvalue weighted by molar-refractivity contribution is 5.96. The summed E-state index contributed by atoms with van der Waals surface area (Å²) in [5.74, 6) is -2.96. The number of aliphatic carboxylic acids is 2. The van der Waals surface area contributed by atoms with E-state index in [0.29, 0.717) is 11.1 Å². The van der Waals surface area contributed by atoms with Crippen molar-refractivity contribution in [1.82, 2.24) is 0 Å². The quantitative estimate of drug-likeness (QED) is 0.742. The second-order valence-corrected chi connectivity index (χ2v) is 5.21. The molecule has 1 aromatic rings. The highest BCUT2D eigenvalue weighted by atomic mass is 19.1. The Labute approximate surface area is 120 Å². The minimum Gasteiger partial charge on any atom is -0.481 e. The van der Waals surface area contributed by atoms with E-state index in [-0.39, 0.29) is 17.7 Å². The molecule has 0 bridgehead atoms. The summed E-state index contributed by atoms with van der Waals surface area (Å²) in [5.41, 5.74) is 4.72. The molecule has 0 heterocycles. The number of halogens is 1. The molecular weight excluding hydrogens is 277 g/mol. The number of rotatable bonds is 3. The molecule has 0 aromatic heterocycles. The van der Waals surface area contributed by atoms with E-state index in [1.165, 1.54) is 31.2 Å². The van der Waals surface area contributed by atoms with E-state index in [1.54, 1.807) is 0 Å². The third kappa shape index (κ3) is 2.79. The van der Waals surface area contributed by atoms with Crippen LogP contribution in [0.15, 0.2) is 35.9 Å². The maximum Gasteiger partial charge on any atom is 0.331 e. The number of nitrogens with two attached hydrogens (primary N) is 1. The normalized spacial score (nSPS) is 21.4. The molecule has 1 aliphatic carbocycles. The van der Waals surface area contributed by atoms with Crippen molar-refractivity contribution < 1.29 is 24.2 Å². The zero-order valence-corrected chi connectivity index (χ0v) is 11.3. The Hall–Kier alpha value is -2.63. The van der Waals surface area contributed by atoms with Gasteiger partial charge in [0.15, 0.2) is 0 Å². The molecule has 0 spiro atoms. The summed E-state index contributed by atoms with van der Waals surface area (Å²) in [6.07, 6.45) is 2.67. The van der Waals surface area contributed by atoms with Gasteiger partial charge in [0.1, 0.15) is 5.82 Å². The van der Waals surface area contributed by atoms with E-state index >= 15 is 0 Å². The van der Waals surface area contributed by atoms with E-state index in [2.05, 4.69) is 0 Å². The fraction of sp³-hybridized carbons (Fsp3) is 0.200. The van der Waals surface area contributed by atoms with Crippen LogP contribution in [0, 0.1) is 11.2 Å². The molecule has 110 valence electrons. The van der Waals surface area contributed by atoms with E-state index < -0.39 is 23.2 Å². The van der Waals surface area contributed by atoms with Crippen LogP contribution in [0.1, 0.15) is 18.9 Å². The van der Waals surface area contributed by atoms with Crippen LogP contribution in [0.5, 0.6) is 0 Å². The van der Waals surface area contributed by atoms with Gasteiger partial charge in [0, 0.05) is 5.57 Å². The van der Waals surface area contributed by atoms with Crippen molar-refractivity contribution in [2.24, 2.45) is 5.41 Å². The zero-order chi connectivity index (χ0) is 15.8. The van der Waals surface area contributed by atoms with E-state index in [1.807, 2.05) is 0 Å². The molecule has 2 rings (SSSR count). The SMILES string of the molecule is CC1(C(=O)O)C=C(c2ccc(N)c(F)c2)C=C(C(=O)O)C1. The van der Waals surface area contributed by atoms with Crippen molar-refractivity contribution in [1.29, 1.82) is 0 Å². The number of anilines is 1. The summed E-state index contributed by atoms with van der Waals surface area (Å²) >= 11 is 0. The van der Waals surface area contributed by atoms with Gasteiger partial charge in [0.25, 0.3) is 0 Å². The van der Waals surface area contributed by atoms with Gasteiger partial charge in [-0.25, -0.2) is 9.18 Å². The zero-order valence-electron chi connectivity index (χ0n) is 11.3. The molecule has 1 atom stereocenters. The average Bonchev–Trinajstić information content (AvgIpc) is 2.41. The molecule has 1 unspecified atom stereocenters. The Morgan fingerprint density at radius 2 is 2.00 bits per heavy atom. The van der Waals surface area contributed by atoms with Crippen LogP contribution < -0.4 is 5.73 Å². The van der Waals surface area contributed by atoms with E-state index in [9.17, 15) is 19.1 Å². The molecule has 1 aromatic carbocycles. The average molecular weight is 291 g/mol. The van der Waals surface area contributed by atoms with Crippen LogP contribution in [0.3, 0.4) is 0 Å². The van der Waals surface area contributed by atoms with Crippen molar-refractivity contribution in [2.75, 3.05) is 5.73 Å². The van der Waals surface area contributed by atoms with Crippen LogP contribution in [-0.4, -0.2) is 22.2 Å². The second-order valence-electron chi connectivity index (χ2n) is 5.21. The van der Waals surface area contributed by atoms with Gasteiger partial charge in [-0.3, -0.25) is 4.79 Å². The van der Waals surface area contributed by atoms with Gasteiger partial charge in [-0.1, -0.05) is 12.1 Å². The largest absolute Gasteiger partial charge is 0.481 e.